The van der Waals surface area contributed by atoms with Crippen molar-refractivity contribution in [2.75, 3.05) is 26.2 Å². The summed E-state index contributed by atoms with van der Waals surface area (Å²) in [7, 11) is 0. The first-order chi connectivity index (χ1) is 18.8. The lowest BCUT2D eigenvalue weighted by Gasteiger charge is -2.27. The number of halogens is 1. The molecule has 0 spiro atoms. The van der Waals surface area contributed by atoms with Gasteiger partial charge in [0.15, 0.2) is 0 Å². The van der Waals surface area contributed by atoms with E-state index in [1.807, 2.05) is 44.2 Å². The molecule has 10 heteroatoms. The predicted octanol–water partition coefficient (Wildman–Crippen LogP) is 1.38. The van der Waals surface area contributed by atoms with Gasteiger partial charge < -0.3 is 31.7 Å². The van der Waals surface area contributed by atoms with Crippen molar-refractivity contribution in [2.24, 2.45) is 11.7 Å². The lowest BCUT2D eigenvalue weighted by molar-refractivity contribution is -0.133. The molecule has 39 heavy (non-hydrogen) atoms. The van der Waals surface area contributed by atoms with Crippen LogP contribution in [0.1, 0.15) is 37.0 Å². The van der Waals surface area contributed by atoms with Crippen molar-refractivity contribution in [3.8, 4) is 5.75 Å². The Bertz CT molecular complexity index is 1110. The number of benzene rings is 2. The number of rotatable bonds is 5. The maximum atomic E-state index is 13.5. The van der Waals surface area contributed by atoms with Crippen molar-refractivity contribution < 1.29 is 23.5 Å². The van der Waals surface area contributed by atoms with Crippen LogP contribution in [-0.2, 0) is 33.9 Å². The van der Waals surface area contributed by atoms with Crippen molar-refractivity contribution in [3.05, 3.63) is 65.2 Å². The molecule has 6 N–H and O–H groups in total. The van der Waals surface area contributed by atoms with Crippen LogP contribution in [0.2, 0.25) is 0 Å². The van der Waals surface area contributed by atoms with Gasteiger partial charge in [0.05, 0.1) is 6.04 Å². The molecule has 1 aliphatic rings. The Hall–Kier alpha value is -3.50. The van der Waals surface area contributed by atoms with E-state index in [-0.39, 0.29) is 30.7 Å². The Morgan fingerprint density at radius 1 is 0.949 bits per heavy atom. The second kappa shape index (κ2) is 15.2. The number of aryl methyl sites for hydroxylation is 1. The third-order valence-corrected chi connectivity index (χ3v) is 6.66. The number of carbonyl (C=O) groups is 3. The van der Waals surface area contributed by atoms with E-state index in [4.69, 9.17) is 10.5 Å². The molecule has 0 aliphatic carbocycles. The number of nitrogens with two attached hydrogens (primary N) is 1. The van der Waals surface area contributed by atoms with Crippen LogP contribution in [-0.4, -0.2) is 62.1 Å². The highest BCUT2D eigenvalue weighted by Crippen LogP contribution is 2.19. The zero-order valence-corrected chi connectivity index (χ0v) is 22.7. The number of hydrogen-bond donors (Lipinski definition) is 5. The molecule has 3 atom stereocenters. The number of ether oxygens (including phenoxy) is 1. The number of carbonyl (C=O) groups excluding carboxylic acids is 3. The maximum Gasteiger partial charge on any atom is 0.243 e. The van der Waals surface area contributed by atoms with Crippen LogP contribution in [0.25, 0.3) is 0 Å². The summed E-state index contributed by atoms with van der Waals surface area (Å²) in [4.78, 5) is 39.3. The summed E-state index contributed by atoms with van der Waals surface area (Å²) in [5, 5.41) is 11.6. The van der Waals surface area contributed by atoms with Gasteiger partial charge >= 0.3 is 0 Å². The highest BCUT2D eigenvalue weighted by atomic mass is 19.1. The predicted molar refractivity (Wildman–Crippen MR) is 148 cm³/mol. The summed E-state index contributed by atoms with van der Waals surface area (Å²) >= 11 is 0. The fourth-order valence-electron chi connectivity index (χ4n) is 4.47. The second-order valence-electron chi connectivity index (χ2n) is 10.0. The minimum absolute atomic E-state index is 0.0812. The molecule has 0 saturated heterocycles. The molecule has 2 aromatic rings. The van der Waals surface area contributed by atoms with Gasteiger partial charge in [0.25, 0.3) is 0 Å². The first kappa shape index (κ1) is 30.0. The molecule has 0 radical (unpaired) electrons. The second-order valence-corrected chi connectivity index (χ2v) is 10.0. The van der Waals surface area contributed by atoms with Gasteiger partial charge in [0, 0.05) is 19.6 Å². The molecule has 0 bridgehead atoms. The number of nitrogens with one attached hydrogen (secondary N) is 4. The average Bonchev–Trinajstić information content (AvgIpc) is 2.93. The molecular weight excluding hydrogens is 501 g/mol. The summed E-state index contributed by atoms with van der Waals surface area (Å²) in [6.45, 7) is 4.04. The molecule has 1 heterocycles. The SMILES string of the molecule is CC(C)[C@H]1NC(=O)[C@@H](Cc2cccc(CF)c2)NCCOc2ccccc2CCCNC(=O)[C@H](CN)NC1=O. The van der Waals surface area contributed by atoms with E-state index in [9.17, 15) is 18.8 Å². The lowest BCUT2D eigenvalue weighted by atomic mass is 10.00. The largest absolute Gasteiger partial charge is 0.492 e. The highest BCUT2D eigenvalue weighted by molar-refractivity contribution is 5.93. The first-order valence-corrected chi connectivity index (χ1v) is 13.5. The van der Waals surface area contributed by atoms with Crippen molar-refractivity contribution in [1.29, 1.82) is 0 Å². The molecule has 0 saturated carbocycles. The number of hydrogen-bond acceptors (Lipinski definition) is 6. The van der Waals surface area contributed by atoms with Crippen LogP contribution in [0.4, 0.5) is 4.39 Å². The van der Waals surface area contributed by atoms with Crippen molar-refractivity contribution in [1.82, 2.24) is 21.3 Å². The summed E-state index contributed by atoms with van der Waals surface area (Å²) in [6, 6.07) is 12.2. The third kappa shape index (κ3) is 9.04. The average molecular weight is 542 g/mol. The van der Waals surface area contributed by atoms with Gasteiger partial charge in [-0.1, -0.05) is 56.3 Å². The topological polar surface area (TPSA) is 135 Å². The summed E-state index contributed by atoms with van der Waals surface area (Å²) < 4.78 is 19.3. The Morgan fingerprint density at radius 3 is 2.46 bits per heavy atom. The first-order valence-electron chi connectivity index (χ1n) is 13.5. The van der Waals surface area contributed by atoms with Gasteiger partial charge in [-0.2, -0.15) is 0 Å². The van der Waals surface area contributed by atoms with E-state index in [2.05, 4.69) is 21.3 Å². The van der Waals surface area contributed by atoms with Crippen LogP contribution in [0.5, 0.6) is 5.75 Å². The molecule has 3 amide bonds. The summed E-state index contributed by atoms with van der Waals surface area (Å²) in [5.74, 6) is -0.755. The van der Waals surface area contributed by atoms with Crippen LogP contribution in [0, 0.1) is 5.92 Å². The Morgan fingerprint density at radius 2 is 1.72 bits per heavy atom. The van der Waals surface area contributed by atoms with E-state index >= 15 is 0 Å². The zero-order chi connectivity index (χ0) is 28.2. The quantitative estimate of drug-likeness (QED) is 0.388. The molecule has 2 aromatic carbocycles. The molecule has 1 aliphatic heterocycles. The fourth-order valence-corrected chi connectivity index (χ4v) is 4.47. The van der Waals surface area contributed by atoms with Crippen LogP contribution in [0.15, 0.2) is 48.5 Å². The maximum absolute atomic E-state index is 13.5. The van der Waals surface area contributed by atoms with E-state index in [1.165, 1.54) is 0 Å². The Kier molecular flexibility index (Phi) is 11.7. The minimum atomic E-state index is -0.928. The summed E-state index contributed by atoms with van der Waals surface area (Å²) in [5.41, 5.74) is 8.13. The van der Waals surface area contributed by atoms with Gasteiger partial charge in [-0.15, -0.1) is 0 Å². The van der Waals surface area contributed by atoms with Crippen molar-refractivity contribution in [3.63, 3.8) is 0 Å². The van der Waals surface area contributed by atoms with Gasteiger partial charge in [-0.3, -0.25) is 14.4 Å². The lowest BCUT2D eigenvalue weighted by Crippen LogP contribution is -2.59. The molecule has 9 nitrogen and oxygen atoms in total. The molecule has 0 fully saturated rings. The van der Waals surface area contributed by atoms with E-state index in [1.54, 1.807) is 18.2 Å². The minimum Gasteiger partial charge on any atom is -0.492 e. The molecule has 0 unspecified atom stereocenters. The van der Waals surface area contributed by atoms with Crippen LogP contribution >= 0.6 is 0 Å². The third-order valence-electron chi connectivity index (χ3n) is 6.66. The number of para-hydroxylation sites is 1. The monoisotopic (exact) mass is 541 g/mol. The van der Waals surface area contributed by atoms with Crippen molar-refractivity contribution in [2.45, 2.75) is 57.9 Å². The molecule has 3 rings (SSSR count). The van der Waals surface area contributed by atoms with E-state index in [0.717, 1.165) is 16.9 Å². The fraction of sp³-hybridized carbons (Fsp3) is 0.483. The zero-order valence-electron chi connectivity index (χ0n) is 22.7. The van der Waals surface area contributed by atoms with Crippen LogP contribution in [0.3, 0.4) is 0 Å². The smallest absolute Gasteiger partial charge is 0.243 e. The molecule has 0 aromatic heterocycles. The van der Waals surface area contributed by atoms with Gasteiger partial charge in [-0.25, -0.2) is 4.39 Å². The van der Waals surface area contributed by atoms with Crippen molar-refractivity contribution >= 4 is 17.7 Å². The standard InChI is InChI=1S/C29H40FN5O4/c1-19(2)26-29(38)34-24(18-31)27(36)33-12-6-10-22-9-3-4-11-25(22)39-14-13-32-23(28(37)35-26)16-20-7-5-8-21(15-20)17-30/h3-5,7-9,11,15,19,23-24,26,32H,6,10,12-14,16-18,31H2,1-2H3,(H,33,36)(H,34,38)(H,35,37)/t23-,24+,26-/m1/s1. The Balaban J connectivity index is 1.85. The molecule has 212 valence electrons. The van der Waals surface area contributed by atoms with E-state index < -0.39 is 30.7 Å². The highest BCUT2D eigenvalue weighted by Gasteiger charge is 2.30. The normalized spacial score (nSPS) is 22.0. The van der Waals surface area contributed by atoms with Gasteiger partial charge in [0.2, 0.25) is 17.7 Å². The van der Waals surface area contributed by atoms with Gasteiger partial charge in [0.1, 0.15) is 31.1 Å². The van der Waals surface area contributed by atoms with E-state index in [0.29, 0.717) is 38.1 Å². The van der Waals surface area contributed by atoms with Crippen LogP contribution < -0.4 is 31.7 Å². The van der Waals surface area contributed by atoms with Gasteiger partial charge in [-0.05, 0) is 47.9 Å². The molecular formula is C29H40FN5O4. The number of alkyl halides is 1. The number of amides is 3. The number of fused-ring (bicyclic) bond motifs is 1. The Labute approximate surface area is 229 Å². The summed E-state index contributed by atoms with van der Waals surface area (Å²) in [6.07, 6.45) is 1.66.